The predicted molar refractivity (Wildman–Crippen MR) is 83.5 cm³/mol. The highest BCUT2D eigenvalue weighted by atomic mass is 16.6. The van der Waals surface area contributed by atoms with Crippen LogP contribution in [-0.4, -0.2) is 33.5 Å². The Labute approximate surface area is 131 Å². The number of aromatic amines is 1. The van der Waals surface area contributed by atoms with Crippen molar-refractivity contribution in [1.29, 1.82) is 0 Å². The third-order valence-electron chi connectivity index (χ3n) is 3.68. The number of amides is 1. The molecule has 0 spiro atoms. The molecule has 0 aliphatic carbocycles. The van der Waals surface area contributed by atoms with E-state index in [1.54, 1.807) is 31.2 Å². The highest BCUT2D eigenvalue weighted by Gasteiger charge is 2.34. The summed E-state index contributed by atoms with van der Waals surface area (Å²) in [5.41, 5.74) is 2.05. The topological polar surface area (TPSA) is 89.1 Å². The van der Waals surface area contributed by atoms with E-state index in [0.29, 0.717) is 22.7 Å². The average molecular weight is 310 g/mol. The number of rotatable bonds is 2. The van der Waals surface area contributed by atoms with Crippen LogP contribution < -0.4 is 14.8 Å². The summed E-state index contributed by atoms with van der Waals surface area (Å²) in [6, 6.07) is 12.6. The van der Waals surface area contributed by atoms with Gasteiger partial charge in [0.2, 0.25) is 6.10 Å². The van der Waals surface area contributed by atoms with Crippen molar-refractivity contribution in [2.45, 2.75) is 19.1 Å². The van der Waals surface area contributed by atoms with Crippen LogP contribution in [0.15, 0.2) is 42.5 Å². The first-order chi connectivity index (χ1) is 11.2. The maximum absolute atomic E-state index is 12.5. The Morgan fingerprint density at radius 2 is 1.83 bits per heavy atom. The number of hydrogen-bond donors (Lipinski definition) is 2. The van der Waals surface area contributed by atoms with Gasteiger partial charge in [0.05, 0.1) is 0 Å². The van der Waals surface area contributed by atoms with E-state index in [2.05, 4.69) is 20.7 Å². The number of para-hydroxylation sites is 2. The molecule has 23 heavy (non-hydrogen) atoms. The molecule has 1 amide bonds. The molecule has 7 nitrogen and oxygen atoms in total. The standard InChI is InChI=1S/C16H14N4O3/c1-9-15(23-14-5-3-2-4-13(14)22-9)16(21)17-10-6-7-11-12(8-10)19-20-18-11/h2-9,15H,1H3,(H,17,21)(H,18,19,20)/t9-,15+/m0/s1. The monoisotopic (exact) mass is 310 g/mol. The van der Waals surface area contributed by atoms with Crippen molar-refractivity contribution in [3.05, 3.63) is 42.5 Å². The van der Waals surface area contributed by atoms with Crippen molar-refractivity contribution in [2.75, 3.05) is 5.32 Å². The quantitative estimate of drug-likeness (QED) is 0.757. The highest BCUT2D eigenvalue weighted by Crippen LogP contribution is 2.33. The first kappa shape index (κ1) is 13.6. The molecule has 4 rings (SSSR count). The van der Waals surface area contributed by atoms with E-state index < -0.39 is 6.10 Å². The summed E-state index contributed by atoms with van der Waals surface area (Å²) in [4.78, 5) is 12.5. The van der Waals surface area contributed by atoms with Crippen molar-refractivity contribution in [3.8, 4) is 11.5 Å². The zero-order valence-electron chi connectivity index (χ0n) is 12.3. The molecule has 0 saturated carbocycles. The Morgan fingerprint density at radius 3 is 2.65 bits per heavy atom. The zero-order chi connectivity index (χ0) is 15.8. The van der Waals surface area contributed by atoms with Gasteiger partial charge in [-0.25, -0.2) is 0 Å². The number of anilines is 1. The summed E-state index contributed by atoms with van der Waals surface area (Å²) in [5.74, 6) is 0.945. The van der Waals surface area contributed by atoms with Crippen LogP contribution in [0.5, 0.6) is 11.5 Å². The molecule has 0 unspecified atom stereocenters. The molecular formula is C16H14N4O3. The molecule has 0 saturated heterocycles. The lowest BCUT2D eigenvalue weighted by molar-refractivity contribution is -0.128. The summed E-state index contributed by atoms with van der Waals surface area (Å²) in [6.45, 7) is 1.81. The number of fused-ring (bicyclic) bond motifs is 2. The van der Waals surface area contributed by atoms with Crippen molar-refractivity contribution in [2.24, 2.45) is 0 Å². The fourth-order valence-corrected chi connectivity index (χ4v) is 2.54. The van der Waals surface area contributed by atoms with Crippen LogP contribution in [0.2, 0.25) is 0 Å². The highest BCUT2D eigenvalue weighted by molar-refractivity contribution is 5.96. The number of H-pyrrole nitrogens is 1. The molecule has 1 aliphatic rings. The smallest absolute Gasteiger partial charge is 0.269 e. The van der Waals surface area contributed by atoms with E-state index in [0.717, 1.165) is 5.52 Å². The van der Waals surface area contributed by atoms with Gasteiger partial charge in [0.25, 0.3) is 5.91 Å². The van der Waals surface area contributed by atoms with Gasteiger partial charge in [-0.05, 0) is 37.3 Å². The molecule has 2 aromatic carbocycles. The molecule has 2 N–H and O–H groups in total. The van der Waals surface area contributed by atoms with Gasteiger partial charge in [-0.15, -0.1) is 0 Å². The van der Waals surface area contributed by atoms with Crippen LogP contribution in [0.1, 0.15) is 6.92 Å². The molecule has 2 heterocycles. The molecule has 2 atom stereocenters. The Morgan fingerprint density at radius 1 is 1.09 bits per heavy atom. The molecule has 3 aromatic rings. The van der Waals surface area contributed by atoms with E-state index in [-0.39, 0.29) is 12.0 Å². The number of carbonyl (C=O) groups excluding carboxylic acids is 1. The lowest BCUT2D eigenvalue weighted by Crippen LogP contribution is -2.46. The summed E-state index contributed by atoms with van der Waals surface area (Å²) in [5, 5.41) is 13.3. The number of benzene rings is 2. The summed E-state index contributed by atoms with van der Waals surface area (Å²) < 4.78 is 11.5. The second-order valence-electron chi connectivity index (χ2n) is 5.32. The van der Waals surface area contributed by atoms with E-state index in [1.165, 1.54) is 0 Å². The Bertz CT molecular complexity index is 876. The zero-order valence-corrected chi connectivity index (χ0v) is 12.3. The van der Waals surface area contributed by atoms with Crippen LogP contribution >= 0.6 is 0 Å². The van der Waals surface area contributed by atoms with E-state index in [9.17, 15) is 4.79 Å². The minimum Gasteiger partial charge on any atom is -0.482 e. The third kappa shape index (κ3) is 2.46. The van der Waals surface area contributed by atoms with E-state index in [1.807, 2.05) is 18.2 Å². The molecule has 0 radical (unpaired) electrons. The number of nitrogens with zero attached hydrogens (tertiary/aromatic N) is 2. The van der Waals surface area contributed by atoms with Crippen molar-refractivity contribution in [3.63, 3.8) is 0 Å². The Hall–Kier alpha value is -3.09. The molecule has 0 bridgehead atoms. The lowest BCUT2D eigenvalue weighted by Gasteiger charge is -2.30. The largest absolute Gasteiger partial charge is 0.482 e. The predicted octanol–water partition coefficient (Wildman–Crippen LogP) is 2.12. The average Bonchev–Trinajstić information content (AvgIpc) is 3.01. The van der Waals surface area contributed by atoms with Gasteiger partial charge in [0.1, 0.15) is 17.1 Å². The summed E-state index contributed by atoms with van der Waals surface area (Å²) in [7, 11) is 0. The fourth-order valence-electron chi connectivity index (χ4n) is 2.54. The molecule has 1 aliphatic heterocycles. The van der Waals surface area contributed by atoms with Crippen LogP contribution in [0.25, 0.3) is 11.0 Å². The molecular weight excluding hydrogens is 296 g/mol. The third-order valence-corrected chi connectivity index (χ3v) is 3.68. The lowest BCUT2D eigenvalue weighted by atomic mass is 10.1. The second-order valence-corrected chi connectivity index (χ2v) is 5.32. The van der Waals surface area contributed by atoms with Gasteiger partial charge < -0.3 is 14.8 Å². The first-order valence-electron chi connectivity index (χ1n) is 7.24. The Kier molecular flexibility index (Phi) is 3.11. The second kappa shape index (κ2) is 5.28. The summed E-state index contributed by atoms with van der Waals surface area (Å²) in [6.07, 6.45) is -1.11. The van der Waals surface area contributed by atoms with E-state index in [4.69, 9.17) is 9.47 Å². The Balaban J connectivity index is 1.54. The van der Waals surface area contributed by atoms with Crippen molar-refractivity contribution in [1.82, 2.24) is 15.4 Å². The maximum Gasteiger partial charge on any atom is 0.269 e. The molecule has 1 aromatic heterocycles. The SMILES string of the molecule is C[C@@H]1Oc2ccccc2O[C@H]1C(=O)Nc1ccc2n[nH]nc2c1. The van der Waals surface area contributed by atoms with Crippen LogP contribution in [0.3, 0.4) is 0 Å². The number of hydrogen-bond acceptors (Lipinski definition) is 5. The van der Waals surface area contributed by atoms with Crippen LogP contribution in [0.4, 0.5) is 5.69 Å². The van der Waals surface area contributed by atoms with Gasteiger partial charge in [0.15, 0.2) is 11.5 Å². The van der Waals surface area contributed by atoms with Gasteiger partial charge in [-0.2, -0.15) is 15.4 Å². The normalized spacial score (nSPS) is 19.5. The maximum atomic E-state index is 12.5. The number of aromatic nitrogens is 3. The summed E-state index contributed by atoms with van der Waals surface area (Å²) >= 11 is 0. The van der Waals surface area contributed by atoms with Crippen molar-refractivity contribution < 1.29 is 14.3 Å². The fraction of sp³-hybridized carbons (Fsp3) is 0.188. The molecule has 7 heteroatoms. The van der Waals surface area contributed by atoms with Crippen molar-refractivity contribution >= 4 is 22.6 Å². The minimum absolute atomic E-state index is 0.269. The van der Waals surface area contributed by atoms with Crippen LogP contribution in [-0.2, 0) is 4.79 Å². The van der Waals surface area contributed by atoms with E-state index >= 15 is 0 Å². The van der Waals surface area contributed by atoms with Gasteiger partial charge >= 0.3 is 0 Å². The van der Waals surface area contributed by atoms with Gasteiger partial charge in [-0.1, -0.05) is 12.1 Å². The number of nitrogens with one attached hydrogen (secondary N) is 2. The van der Waals surface area contributed by atoms with Gasteiger partial charge in [-0.3, -0.25) is 4.79 Å². The van der Waals surface area contributed by atoms with Crippen LogP contribution in [0, 0.1) is 0 Å². The number of carbonyl (C=O) groups is 1. The number of ether oxygens (including phenoxy) is 2. The van der Waals surface area contributed by atoms with Gasteiger partial charge in [0, 0.05) is 5.69 Å². The minimum atomic E-state index is -0.724. The molecule has 116 valence electrons. The first-order valence-corrected chi connectivity index (χ1v) is 7.24. The molecule has 0 fully saturated rings.